The lowest BCUT2D eigenvalue weighted by molar-refractivity contribution is 0.293. The van der Waals surface area contributed by atoms with E-state index < -0.39 is 0 Å². The molecule has 1 aromatic heterocycles. The van der Waals surface area contributed by atoms with E-state index in [-0.39, 0.29) is 0 Å². The minimum atomic E-state index is 0.499. The summed E-state index contributed by atoms with van der Waals surface area (Å²) in [6.45, 7) is 1.01. The van der Waals surface area contributed by atoms with Crippen LogP contribution in [-0.4, -0.2) is 4.98 Å². The topological polar surface area (TPSA) is 48.1 Å². The first-order chi connectivity index (χ1) is 8.28. The molecule has 2 N–H and O–H groups in total. The van der Waals surface area contributed by atoms with Crippen LogP contribution in [0.4, 0.5) is 0 Å². The number of ether oxygens (including phenoxy) is 1. The summed E-state index contributed by atoms with van der Waals surface area (Å²) in [6, 6.07) is 11.8. The number of benzene rings is 1. The third kappa shape index (κ3) is 3.54. The van der Waals surface area contributed by atoms with Gasteiger partial charge in [-0.25, -0.2) is 4.98 Å². The summed E-state index contributed by atoms with van der Waals surface area (Å²) in [6.07, 6.45) is 1.73. The Bertz CT molecular complexity index is 485. The van der Waals surface area contributed by atoms with Gasteiger partial charge in [0.1, 0.15) is 6.61 Å². The first kappa shape index (κ1) is 12.1. The highest BCUT2D eigenvalue weighted by molar-refractivity contribution is 9.10. The van der Waals surface area contributed by atoms with Crippen molar-refractivity contribution in [2.75, 3.05) is 0 Å². The molecule has 88 valence electrons. The SMILES string of the molecule is NCc1ccc(OCc2cccc(Br)c2)nc1. The van der Waals surface area contributed by atoms with Crippen molar-refractivity contribution in [2.45, 2.75) is 13.2 Å². The molecule has 0 bridgehead atoms. The average Bonchev–Trinajstić information content (AvgIpc) is 2.37. The van der Waals surface area contributed by atoms with Crippen molar-refractivity contribution in [3.05, 3.63) is 58.2 Å². The molecule has 4 heteroatoms. The lowest BCUT2D eigenvalue weighted by Gasteiger charge is -2.06. The Morgan fingerprint density at radius 2 is 2.06 bits per heavy atom. The van der Waals surface area contributed by atoms with Gasteiger partial charge < -0.3 is 10.5 Å². The van der Waals surface area contributed by atoms with E-state index in [1.807, 2.05) is 36.4 Å². The van der Waals surface area contributed by atoms with Gasteiger partial charge in [0.25, 0.3) is 0 Å². The minimum Gasteiger partial charge on any atom is -0.473 e. The molecule has 0 amide bonds. The van der Waals surface area contributed by atoms with Crippen molar-refractivity contribution in [3.8, 4) is 5.88 Å². The molecule has 2 rings (SSSR count). The normalized spacial score (nSPS) is 10.2. The predicted octanol–water partition coefficient (Wildman–Crippen LogP) is 2.88. The van der Waals surface area contributed by atoms with Gasteiger partial charge in [0, 0.05) is 23.3 Å². The number of halogens is 1. The van der Waals surface area contributed by atoms with Crippen molar-refractivity contribution in [3.63, 3.8) is 0 Å². The van der Waals surface area contributed by atoms with E-state index in [4.69, 9.17) is 10.5 Å². The lowest BCUT2D eigenvalue weighted by Crippen LogP contribution is -2.00. The van der Waals surface area contributed by atoms with E-state index in [2.05, 4.69) is 20.9 Å². The van der Waals surface area contributed by atoms with Crippen LogP contribution >= 0.6 is 15.9 Å². The van der Waals surface area contributed by atoms with Crippen LogP contribution in [0.5, 0.6) is 5.88 Å². The van der Waals surface area contributed by atoms with Crippen LogP contribution in [0.25, 0.3) is 0 Å². The van der Waals surface area contributed by atoms with Gasteiger partial charge in [-0.2, -0.15) is 0 Å². The van der Waals surface area contributed by atoms with Crippen LogP contribution in [0.1, 0.15) is 11.1 Å². The molecule has 0 saturated heterocycles. The quantitative estimate of drug-likeness (QED) is 0.943. The van der Waals surface area contributed by atoms with Gasteiger partial charge in [0.15, 0.2) is 0 Å². The molecule has 0 fully saturated rings. The van der Waals surface area contributed by atoms with E-state index in [0.717, 1.165) is 15.6 Å². The fraction of sp³-hybridized carbons (Fsp3) is 0.154. The number of nitrogens with two attached hydrogens (primary N) is 1. The average molecular weight is 293 g/mol. The van der Waals surface area contributed by atoms with Crippen LogP contribution < -0.4 is 10.5 Å². The molecule has 0 spiro atoms. The summed E-state index contributed by atoms with van der Waals surface area (Å²) in [5.41, 5.74) is 7.60. The summed E-state index contributed by atoms with van der Waals surface area (Å²) >= 11 is 3.42. The second-order valence-corrected chi connectivity index (χ2v) is 4.54. The predicted molar refractivity (Wildman–Crippen MR) is 70.6 cm³/mol. The maximum absolute atomic E-state index is 5.57. The fourth-order valence-electron chi connectivity index (χ4n) is 1.40. The first-order valence-electron chi connectivity index (χ1n) is 5.30. The Hall–Kier alpha value is -1.39. The molecule has 0 saturated carbocycles. The number of rotatable bonds is 4. The van der Waals surface area contributed by atoms with E-state index in [0.29, 0.717) is 19.0 Å². The smallest absolute Gasteiger partial charge is 0.213 e. The Kier molecular flexibility index (Phi) is 4.12. The zero-order valence-corrected chi connectivity index (χ0v) is 10.9. The third-order valence-corrected chi connectivity index (χ3v) is 2.80. The number of hydrogen-bond acceptors (Lipinski definition) is 3. The largest absolute Gasteiger partial charge is 0.473 e. The molecule has 0 aliphatic heterocycles. The highest BCUT2D eigenvalue weighted by Crippen LogP contribution is 2.14. The molecule has 1 heterocycles. The second-order valence-electron chi connectivity index (χ2n) is 3.63. The van der Waals surface area contributed by atoms with Crippen molar-refractivity contribution >= 4 is 15.9 Å². The number of nitrogens with zero attached hydrogens (tertiary/aromatic N) is 1. The van der Waals surface area contributed by atoms with Crippen LogP contribution in [0, 0.1) is 0 Å². The fourth-order valence-corrected chi connectivity index (χ4v) is 1.85. The zero-order chi connectivity index (χ0) is 12.1. The number of aromatic nitrogens is 1. The van der Waals surface area contributed by atoms with Crippen molar-refractivity contribution < 1.29 is 4.74 Å². The van der Waals surface area contributed by atoms with Crippen LogP contribution in [-0.2, 0) is 13.2 Å². The standard InChI is InChI=1S/C13H13BrN2O/c14-12-3-1-2-10(6-12)9-17-13-5-4-11(7-15)8-16-13/h1-6,8H,7,9,15H2. The van der Waals surface area contributed by atoms with Gasteiger partial charge in [-0.05, 0) is 23.3 Å². The zero-order valence-electron chi connectivity index (χ0n) is 9.27. The van der Waals surface area contributed by atoms with Gasteiger partial charge in [-0.1, -0.05) is 34.1 Å². The third-order valence-electron chi connectivity index (χ3n) is 2.31. The Balaban J connectivity index is 1.97. The molecule has 17 heavy (non-hydrogen) atoms. The highest BCUT2D eigenvalue weighted by Gasteiger charge is 1.98. The van der Waals surface area contributed by atoms with Gasteiger partial charge in [-0.3, -0.25) is 0 Å². The molecule has 0 radical (unpaired) electrons. The Morgan fingerprint density at radius 3 is 2.71 bits per heavy atom. The lowest BCUT2D eigenvalue weighted by atomic mass is 10.2. The molecule has 2 aromatic rings. The molecular formula is C13H13BrN2O. The summed E-state index contributed by atoms with van der Waals surface area (Å²) in [7, 11) is 0. The molecule has 3 nitrogen and oxygen atoms in total. The van der Waals surface area contributed by atoms with E-state index >= 15 is 0 Å². The maximum Gasteiger partial charge on any atom is 0.213 e. The van der Waals surface area contributed by atoms with Gasteiger partial charge in [0.05, 0.1) is 0 Å². The van der Waals surface area contributed by atoms with E-state index in [1.165, 1.54) is 0 Å². The van der Waals surface area contributed by atoms with E-state index in [1.54, 1.807) is 6.20 Å². The molecule has 0 aliphatic rings. The van der Waals surface area contributed by atoms with Gasteiger partial charge >= 0.3 is 0 Å². The summed E-state index contributed by atoms with van der Waals surface area (Å²) in [5.74, 6) is 0.613. The highest BCUT2D eigenvalue weighted by atomic mass is 79.9. The van der Waals surface area contributed by atoms with E-state index in [9.17, 15) is 0 Å². The van der Waals surface area contributed by atoms with Crippen LogP contribution in [0.15, 0.2) is 47.1 Å². The summed E-state index contributed by atoms with van der Waals surface area (Å²) in [4.78, 5) is 4.17. The van der Waals surface area contributed by atoms with Crippen molar-refractivity contribution in [1.29, 1.82) is 0 Å². The first-order valence-corrected chi connectivity index (χ1v) is 6.09. The molecular weight excluding hydrogens is 280 g/mol. The summed E-state index contributed by atoms with van der Waals surface area (Å²) in [5, 5.41) is 0. The Labute approximate surface area is 109 Å². The van der Waals surface area contributed by atoms with Gasteiger partial charge in [-0.15, -0.1) is 0 Å². The molecule has 0 atom stereocenters. The van der Waals surface area contributed by atoms with Gasteiger partial charge in [0.2, 0.25) is 5.88 Å². The number of hydrogen-bond donors (Lipinski definition) is 1. The van der Waals surface area contributed by atoms with Crippen molar-refractivity contribution in [1.82, 2.24) is 4.98 Å². The maximum atomic E-state index is 5.57. The molecule has 0 aliphatic carbocycles. The molecule has 0 unspecified atom stereocenters. The monoisotopic (exact) mass is 292 g/mol. The van der Waals surface area contributed by atoms with Crippen LogP contribution in [0.3, 0.4) is 0 Å². The summed E-state index contributed by atoms with van der Waals surface area (Å²) < 4.78 is 6.62. The Morgan fingerprint density at radius 1 is 1.18 bits per heavy atom. The molecule has 1 aromatic carbocycles. The second kappa shape index (κ2) is 5.80. The number of pyridine rings is 1. The minimum absolute atomic E-state index is 0.499. The van der Waals surface area contributed by atoms with Crippen LogP contribution in [0.2, 0.25) is 0 Å². The van der Waals surface area contributed by atoms with Crippen molar-refractivity contribution in [2.24, 2.45) is 5.73 Å².